The molecule has 4 heteroatoms. The Hall–Kier alpha value is -0.340. The third kappa shape index (κ3) is 2.09. The number of hydrogen-bond donors (Lipinski definition) is 0. The van der Waals surface area contributed by atoms with Gasteiger partial charge in [0.05, 0.1) is 0 Å². The van der Waals surface area contributed by atoms with E-state index in [9.17, 15) is 9.59 Å². The molecule has 0 fully saturated rings. The highest BCUT2D eigenvalue weighted by atomic mass is 35.5. The van der Waals surface area contributed by atoms with Crippen LogP contribution in [0.2, 0.25) is 0 Å². The fourth-order valence-electron chi connectivity index (χ4n) is 0.113. The number of carbonyl (C=O) groups is 2. The molecule has 0 atom stereocenters. The smallest absolute Gasteiger partial charge is 0.163 e. The summed E-state index contributed by atoms with van der Waals surface area (Å²) in [6, 6.07) is 0. The molecule has 0 radical (unpaired) electrons. The molecule has 2 nitrogen and oxygen atoms in total. The Labute approximate surface area is 56.1 Å². The van der Waals surface area contributed by atoms with Crippen LogP contribution in [0.25, 0.3) is 0 Å². The van der Waals surface area contributed by atoms with Crippen LogP contribution in [0.15, 0.2) is 10.1 Å². The summed E-state index contributed by atoms with van der Waals surface area (Å²) in [5.74, 6) is 0. The lowest BCUT2D eigenvalue weighted by Gasteiger charge is -1.80. The van der Waals surface area contributed by atoms with Gasteiger partial charge in [-0.15, -0.1) is 0 Å². The van der Waals surface area contributed by atoms with E-state index in [2.05, 4.69) is 0 Å². The summed E-state index contributed by atoms with van der Waals surface area (Å²) in [4.78, 5) is 19.3. The third-order valence-electron chi connectivity index (χ3n) is 0.435. The summed E-state index contributed by atoms with van der Waals surface area (Å²) >= 11 is 10.1. The van der Waals surface area contributed by atoms with Gasteiger partial charge in [0.1, 0.15) is 10.1 Å². The molecule has 0 saturated heterocycles. The zero-order valence-corrected chi connectivity index (χ0v) is 5.24. The van der Waals surface area contributed by atoms with E-state index in [1.165, 1.54) is 0 Å². The Bertz CT molecular complexity index is 123. The summed E-state index contributed by atoms with van der Waals surface area (Å²) in [5, 5.41) is -0.525. The van der Waals surface area contributed by atoms with E-state index in [-0.39, 0.29) is 10.1 Å². The first-order valence-corrected chi connectivity index (χ1v) is 2.43. The van der Waals surface area contributed by atoms with E-state index in [1.54, 1.807) is 0 Å². The zero-order valence-electron chi connectivity index (χ0n) is 3.73. The molecule has 0 bridgehead atoms. The average Bonchev–Trinajstić information content (AvgIpc) is 1.84. The van der Waals surface area contributed by atoms with Crippen LogP contribution in [0.5, 0.6) is 0 Å². The Morgan fingerprint density at radius 3 is 1.38 bits per heavy atom. The minimum Gasteiger partial charge on any atom is -0.297 e. The summed E-state index contributed by atoms with van der Waals surface area (Å²) in [6.45, 7) is 0. The predicted octanol–water partition coefficient (Wildman–Crippen LogP) is 1.07. The molecule has 0 aromatic rings. The molecular weight excluding hydrogens is 151 g/mol. The van der Waals surface area contributed by atoms with Crippen LogP contribution in [0.4, 0.5) is 0 Å². The molecule has 0 N–H and O–H groups in total. The summed E-state index contributed by atoms with van der Waals surface area (Å²) < 4.78 is 0. The van der Waals surface area contributed by atoms with Gasteiger partial charge >= 0.3 is 0 Å². The summed E-state index contributed by atoms with van der Waals surface area (Å²) in [6.07, 6.45) is 0.608. The van der Waals surface area contributed by atoms with Crippen LogP contribution in [0, 0.1) is 0 Å². The maximum absolute atomic E-state index is 9.67. The summed E-state index contributed by atoms with van der Waals surface area (Å²) in [5.41, 5.74) is 0. The van der Waals surface area contributed by atoms with E-state index in [4.69, 9.17) is 23.2 Å². The van der Waals surface area contributed by atoms with E-state index < -0.39 is 0 Å². The molecule has 0 amide bonds. The van der Waals surface area contributed by atoms with Crippen molar-refractivity contribution in [2.75, 3.05) is 0 Å². The van der Waals surface area contributed by atoms with Crippen molar-refractivity contribution < 1.29 is 9.59 Å². The van der Waals surface area contributed by atoms with Crippen LogP contribution in [-0.2, 0) is 9.59 Å². The van der Waals surface area contributed by atoms with Gasteiger partial charge in [0.15, 0.2) is 12.6 Å². The molecule has 0 aromatic heterocycles. The van der Waals surface area contributed by atoms with Gasteiger partial charge in [-0.25, -0.2) is 0 Å². The van der Waals surface area contributed by atoms with Gasteiger partial charge in [0.25, 0.3) is 0 Å². The lowest BCUT2D eigenvalue weighted by Crippen LogP contribution is -1.79. The molecule has 0 aliphatic rings. The molecule has 44 valence electrons. The van der Waals surface area contributed by atoms with Crippen molar-refractivity contribution >= 4 is 35.8 Å². The minimum absolute atomic E-state index is 0.262. The summed E-state index contributed by atoms with van der Waals surface area (Å²) in [7, 11) is 0. The normalized spacial score (nSPS) is 12.2. The van der Waals surface area contributed by atoms with Gasteiger partial charge in [-0.1, -0.05) is 23.2 Å². The van der Waals surface area contributed by atoms with Crippen molar-refractivity contribution in [1.29, 1.82) is 0 Å². The van der Waals surface area contributed by atoms with E-state index in [0.717, 1.165) is 0 Å². The molecule has 0 aliphatic carbocycles. The van der Waals surface area contributed by atoms with Crippen molar-refractivity contribution in [3.05, 3.63) is 10.1 Å². The van der Waals surface area contributed by atoms with Crippen LogP contribution >= 0.6 is 23.2 Å². The highest BCUT2D eigenvalue weighted by Crippen LogP contribution is 2.07. The van der Waals surface area contributed by atoms with Crippen molar-refractivity contribution in [2.45, 2.75) is 0 Å². The van der Waals surface area contributed by atoms with Crippen molar-refractivity contribution in [3.63, 3.8) is 0 Å². The third-order valence-corrected chi connectivity index (χ3v) is 1.12. The van der Waals surface area contributed by atoms with Gasteiger partial charge in [-0.05, 0) is 0 Å². The number of hydrogen-bond acceptors (Lipinski definition) is 2. The topological polar surface area (TPSA) is 34.1 Å². The second kappa shape index (κ2) is 3.64. The van der Waals surface area contributed by atoms with Gasteiger partial charge in [-0.3, -0.25) is 9.59 Å². The molecule has 0 saturated carbocycles. The lowest BCUT2D eigenvalue weighted by molar-refractivity contribution is -0.106. The van der Waals surface area contributed by atoms with Gasteiger partial charge < -0.3 is 0 Å². The standard InChI is InChI=1S/C4H2Cl2O2/c5-3(1-7)4(6)2-8/h1-2H/b4-3-. The maximum Gasteiger partial charge on any atom is 0.163 e. The first-order chi connectivity index (χ1) is 3.72. The van der Waals surface area contributed by atoms with Crippen molar-refractivity contribution in [1.82, 2.24) is 0 Å². The van der Waals surface area contributed by atoms with E-state index in [1.807, 2.05) is 0 Å². The minimum atomic E-state index is -0.262. The van der Waals surface area contributed by atoms with Crippen molar-refractivity contribution in [2.24, 2.45) is 0 Å². The Kier molecular flexibility index (Phi) is 3.48. The Morgan fingerprint density at radius 2 is 1.25 bits per heavy atom. The van der Waals surface area contributed by atoms with Crippen molar-refractivity contribution in [3.8, 4) is 0 Å². The second-order valence-corrected chi connectivity index (χ2v) is 1.75. The number of carbonyl (C=O) groups excluding carboxylic acids is 2. The van der Waals surface area contributed by atoms with Crippen LogP contribution < -0.4 is 0 Å². The van der Waals surface area contributed by atoms with Crippen LogP contribution in [0.1, 0.15) is 0 Å². The van der Waals surface area contributed by atoms with E-state index in [0.29, 0.717) is 12.6 Å². The molecule has 8 heavy (non-hydrogen) atoms. The number of halogens is 2. The maximum atomic E-state index is 9.67. The Morgan fingerprint density at radius 1 is 1.00 bits per heavy atom. The van der Waals surface area contributed by atoms with Crippen LogP contribution in [-0.4, -0.2) is 12.6 Å². The second-order valence-electron chi connectivity index (χ2n) is 0.932. The van der Waals surface area contributed by atoms with E-state index >= 15 is 0 Å². The Balaban J connectivity index is 4.25. The highest BCUT2D eigenvalue weighted by Gasteiger charge is 1.95. The fourth-order valence-corrected chi connectivity index (χ4v) is 0.202. The monoisotopic (exact) mass is 152 g/mol. The number of rotatable bonds is 2. The predicted molar refractivity (Wildman–Crippen MR) is 30.9 cm³/mol. The van der Waals surface area contributed by atoms with Crippen LogP contribution in [0.3, 0.4) is 0 Å². The first kappa shape index (κ1) is 7.66. The number of aldehydes is 2. The fraction of sp³-hybridized carbons (Fsp3) is 0. The molecule has 0 aromatic carbocycles. The first-order valence-electron chi connectivity index (χ1n) is 1.68. The number of allylic oxidation sites excluding steroid dienone is 2. The average molecular weight is 153 g/mol. The molecular formula is C4H2Cl2O2. The van der Waals surface area contributed by atoms with Gasteiger partial charge in [0.2, 0.25) is 0 Å². The molecule has 0 spiro atoms. The quantitative estimate of drug-likeness (QED) is 0.439. The lowest BCUT2D eigenvalue weighted by atomic mass is 10.5. The molecule has 0 rings (SSSR count). The molecule has 0 unspecified atom stereocenters. The molecule has 0 heterocycles. The highest BCUT2D eigenvalue weighted by molar-refractivity contribution is 6.50. The van der Waals surface area contributed by atoms with Gasteiger partial charge in [0, 0.05) is 0 Å². The van der Waals surface area contributed by atoms with Gasteiger partial charge in [-0.2, -0.15) is 0 Å². The molecule has 0 aliphatic heterocycles. The largest absolute Gasteiger partial charge is 0.297 e. The SMILES string of the molecule is O=C/C(Cl)=C(/Cl)C=O. The zero-order chi connectivity index (χ0) is 6.57.